The monoisotopic (exact) mass is 505 g/mol. The van der Waals surface area contributed by atoms with E-state index in [1.54, 1.807) is 0 Å². The number of nitrogens with zero attached hydrogens (tertiary/aromatic N) is 1. The molecule has 0 aromatic heterocycles. The Hall–Kier alpha value is -3.23. The molecule has 3 heterocycles. The SMILES string of the molecule is CCCNC(=O)[C@@H]1[C@H]2C(=O)N([C@H](CO)c3ccccc3)C(C(=O)NCc3ccccc3)C23CC[C@@]1(C)O3. The van der Waals surface area contributed by atoms with E-state index in [-0.39, 0.29) is 24.3 Å². The number of carbonyl (C=O) groups is 3. The van der Waals surface area contributed by atoms with Gasteiger partial charge in [0.15, 0.2) is 0 Å². The number of ether oxygens (including phenoxy) is 1. The van der Waals surface area contributed by atoms with Gasteiger partial charge < -0.3 is 25.4 Å². The van der Waals surface area contributed by atoms with Crippen LogP contribution in [0.15, 0.2) is 60.7 Å². The summed E-state index contributed by atoms with van der Waals surface area (Å²) >= 11 is 0. The number of carbonyl (C=O) groups excluding carboxylic acids is 3. The van der Waals surface area contributed by atoms with Crippen LogP contribution >= 0.6 is 0 Å². The van der Waals surface area contributed by atoms with Gasteiger partial charge in [-0.2, -0.15) is 0 Å². The van der Waals surface area contributed by atoms with E-state index >= 15 is 0 Å². The van der Waals surface area contributed by atoms with Gasteiger partial charge in [-0.05, 0) is 37.3 Å². The van der Waals surface area contributed by atoms with Gasteiger partial charge in [-0.3, -0.25) is 14.4 Å². The Balaban J connectivity index is 1.55. The van der Waals surface area contributed by atoms with Gasteiger partial charge in [-0.1, -0.05) is 67.6 Å². The summed E-state index contributed by atoms with van der Waals surface area (Å²) in [5.41, 5.74) is -0.307. The lowest BCUT2D eigenvalue weighted by Gasteiger charge is -2.37. The summed E-state index contributed by atoms with van der Waals surface area (Å²) in [5, 5.41) is 16.5. The maximum absolute atomic E-state index is 14.2. The van der Waals surface area contributed by atoms with Crippen LogP contribution in [0.3, 0.4) is 0 Å². The third-order valence-corrected chi connectivity index (χ3v) is 8.30. The van der Waals surface area contributed by atoms with E-state index in [1.165, 1.54) is 4.90 Å². The Morgan fingerprint density at radius 2 is 1.73 bits per heavy atom. The second kappa shape index (κ2) is 9.91. The Morgan fingerprint density at radius 1 is 1.05 bits per heavy atom. The van der Waals surface area contributed by atoms with Crippen LogP contribution in [0.25, 0.3) is 0 Å². The van der Waals surface area contributed by atoms with Gasteiger partial charge in [-0.15, -0.1) is 0 Å². The van der Waals surface area contributed by atoms with Crippen LogP contribution in [-0.2, 0) is 25.7 Å². The minimum atomic E-state index is -1.14. The lowest BCUT2D eigenvalue weighted by atomic mass is 9.66. The molecular weight excluding hydrogens is 470 g/mol. The van der Waals surface area contributed by atoms with Crippen molar-refractivity contribution < 1.29 is 24.2 Å². The van der Waals surface area contributed by atoms with Crippen LogP contribution in [0, 0.1) is 11.8 Å². The summed E-state index contributed by atoms with van der Waals surface area (Å²) < 4.78 is 6.64. The molecule has 0 saturated carbocycles. The highest BCUT2D eigenvalue weighted by Crippen LogP contribution is 2.64. The first kappa shape index (κ1) is 25.4. The average molecular weight is 506 g/mol. The summed E-state index contributed by atoms with van der Waals surface area (Å²) in [7, 11) is 0. The number of benzene rings is 2. The van der Waals surface area contributed by atoms with Gasteiger partial charge >= 0.3 is 0 Å². The van der Waals surface area contributed by atoms with Gasteiger partial charge in [0, 0.05) is 13.1 Å². The minimum Gasteiger partial charge on any atom is -0.394 e. The number of aliphatic hydroxyl groups excluding tert-OH is 1. The highest BCUT2D eigenvalue weighted by atomic mass is 16.5. The fraction of sp³-hybridized carbons (Fsp3) is 0.483. The topological polar surface area (TPSA) is 108 Å². The molecule has 2 bridgehead atoms. The van der Waals surface area contributed by atoms with Gasteiger partial charge in [0.2, 0.25) is 17.7 Å². The standard InChI is InChI=1S/C29H35N3O5/c1-3-16-30-25(34)22-23-27(36)32(21(18-33)20-12-8-5-9-13-20)24(29(23)15-14-28(22,2)37-29)26(35)31-17-19-10-6-4-7-11-19/h4-13,21-24,33H,3,14-18H2,1-2H3,(H,30,34)(H,31,35)/t21-,22+,23+,24?,28-,29?/m1/s1. The smallest absolute Gasteiger partial charge is 0.246 e. The Bertz CT molecular complexity index is 1160. The van der Waals surface area contributed by atoms with Gasteiger partial charge in [0.25, 0.3) is 0 Å². The van der Waals surface area contributed by atoms with Crippen LogP contribution in [-0.4, -0.2) is 58.1 Å². The first-order valence-corrected chi connectivity index (χ1v) is 13.1. The number of nitrogens with one attached hydrogen (secondary N) is 2. The molecule has 8 heteroatoms. The summed E-state index contributed by atoms with van der Waals surface area (Å²) in [6.45, 7) is 4.31. The van der Waals surface area contributed by atoms with Crippen molar-refractivity contribution in [3.05, 3.63) is 71.8 Å². The molecule has 3 amide bonds. The zero-order chi connectivity index (χ0) is 26.2. The second-order valence-corrected chi connectivity index (χ2v) is 10.6. The number of fused-ring (bicyclic) bond motifs is 1. The van der Waals surface area contributed by atoms with Crippen molar-refractivity contribution in [2.45, 2.75) is 62.9 Å². The summed E-state index contributed by atoms with van der Waals surface area (Å²) in [4.78, 5) is 43.0. The second-order valence-electron chi connectivity index (χ2n) is 10.6. The number of rotatable bonds is 9. The number of hydrogen-bond donors (Lipinski definition) is 3. The zero-order valence-corrected chi connectivity index (χ0v) is 21.4. The van der Waals surface area contributed by atoms with Crippen molar-refractivity contribution >= 4 is 17.7 Å². The normalized spacial score (nSPS) is 30.7. The first-order valence-electron chi connectivity index (χ1n) is 13.1. The fourth-order valence-corrected chi connectivity index (χ4v) is 6.67. The van der Waals surface area contributed by atoms with Gasteiger partial charge in [0.1, 0.15) is 11.6 Å². The molecule has 3 aliphatic heterocycles. The maximum atomic E-state index is 14.2. The number of likely N-dealkylation sites (tertiary alicyclic amines) is 1. The quantitative estimate of drug-likeness (QED) is 0.485. The molecule has 3 aliphatic rings. The molecule has 37 heavy (non-hydrogen) atoms. The lowest BCUT2D eigenvalue weighted by molar-refractivity contribution is -0.150. The molecule has 6 atom stereocenters. The van der Waals surface area contributed by atoms with Crippen LogP contribution in [0.2, 0.25) is 0 Å². The van der Waals surface area contributed by atoms with Crippen molar-refractivity contribution in [2.75, 3.05) is 13.2 Å². The van der Waals surface area contributed by atoms with Crippen LogP contribution in [0.1, 0.15) is 50.3 Å². The first-order chi connectivity index (χ1) is 17.9. The van der Waals surface area contributed by atoms with E-state index in [2.05, 4.69) is 10.6 Å². The predicted octanol–water partition coefficient (Wildman–Crippen LogP) is 2.33. The van der Waals surface area contributed by atoms with Crippen LogP contribution in [0.5, 0.6) is 0 Å². The van der Waals surface area contributed by atoms with Crippen molar-refractivity contribution in [1.29, 1.82) is 0 Å². The number of aliphatic hydroxyl groups is 1. The van der Waals surface area contributed by atoms with Crippen LogP contribution in [0.4, 0.5) is 0 Å². The van der Waals surface area contributed by atoms with Crippen molar-refractivity contribution in [2.24, 2.45) is 11.8 Å². The molecule has 3 saturated heterocycles. The Kier molecular flexibility index (Phi) is 6.81. The number of amides is 3. The van der Waals surface area contributed by atoms with Crippen molar-refractivity contribution in [3.8, 4) is 0 Å². The molecule has 2 unspecified atom stereocenters. The lowest BCUT2D eigenvalue weighted by Crippen LogP contribution is -2.56. The summed E-state index contributed by atoms with van der Waals surface area (Å²) in [6, 6.07) is 17.1. The molecule has 5 rings (SSSR count). The highest BCUT2D eigenvalue weighted by molar-refractivity contribution is 5.99. The fourth-order valence-electron chi connectivity index (χ4n) is 6.67. The predicted molar refractivity (Wildman–Crippen MR) is 137 cm³/mol. The molecule has 8 nitrogen and oxygen atoms in total. The van der Waals surface area contributed by atoms with Gasteiger partial charge in [-0.25, -0.2) is 0 Å². The minimum absolute atomic E-state index is 0.213. The van der Waals surface area contributed by atoms with E-state index in [9.17, 15) is 19.5 Å². The van der Waals surface area contributed by atoms with E-state index in [1.807, 2.05) is 74.5 Å². The molecule has 0 radical (unpaired) electrons. The summed E-state index contributed by atoms with van der Waals surface area (Å²) in [6.07, 6.45) is 1.84. The molecule has 2 aromatic rings. The number of hydrogen-bond acceptors (Lipinski definition) is 5. The van der Waals surface area contributed by atoms with E-state index in [0.29, 0.717) is 25.9 Å². The third kappa shape index (κ3) is 4.12. The van der Waals surface area contributed by atoms with Crippen LogP contribution < -0.4 is 10.6 Å². The summed E-state index contributed by atoms with van der Waals surface area (Å²) in [5.74, 6) is -2.37. The Morgan fingerprint density at radius 3 is 2.38 bits per heavy atom. The molecule has 3 N–H and O–H groups in total. The van der Waals surface area contributed by atoms with Gasteiger partial charge in [0.05, 0.1) is 30.1 Å². The largest absolute Gasteiger partial charge is 0.394 e. The van der Waals surface area contributed by atoms with E-state index in [0.717, 1.165) is 17.5 Å². The Labute approximate surface area is 217 Å². The maximum Gasteiger partial charge on any atom is 0.246 e. The molecular formula is C29H35N3O5. The molecule has 3 fully saturated rings. The molecule has 1 spiro atoms. The van der Waals surface area contributed by atoms with E-state index in [4.69, 9.17) is 4.74 Å². The average Bonchev–Trinajstić information content (AvgIpc) is 3.48. The van der Waals surface area contributed by atoms with Crippen molar-refractivity contribution in [3.63, 3.8) is 0 Å². The third-order valence-electron chi connectivity index (χ3n) is 8.30. The molecule has 196 valence electrons. The highest BCUT2D eigenvalue weighted by Gasteiger charge is 2.78. The molecule has 0 aliphatic carbocycles. The van der Waals surface area contributed by atoms with Crippen molar-refractivity contribution in [1.82, 2.24) is 15.5 Å². The van der Waals surface area contributed by atoms with E-state index < -0.39 is 35.1 Å². The zero-order valence-electron chi connectivity index (χ0n) is 21.4. The molecule has 2 aromatic carbocycles.